The number of benzene rings is 2. The van der Waals surface area contributed by atoms with Crippen LogP contribution in [0.15, 0.2) is 47.0 Å². The first kappa shape index (κ1) is 24.4. The van der Waals surface area contributed by atoms with Crippen LogP contribution in [0.1, 0.15) is 55.0 Å². The van der Waals surface area contributed by atoms with Gasteiger partial charge in [-0.2, -0.15) is 4.98 Å². The number of hydrogen-bond donors (Lipinski definition) is 1. The van der Waals surface area contributed by atoms with Crippen LogP contribution in [0.3, 0.4) is 0 Å². The highest BCUT2D eigenvalue weighted by molar-refractivity contribution is 5.75. The van der Waals surface area contributed by atoms with Crippen molar-refractivity contribution < 1.29 is 23.2 Å². The first-order valence-corrected chi connectivity index (χ1v) is 12.5. The van der Waals surface area contributed by atoms with Gasteiger partial charge in [-0.15, -0.1) is 0 Å². The summed E-state index contributed by atoms with van der Waals surface area (Å²) in [6.45, 7) is 4.07. The molecule has 5 rings (SSSR count). The van der Waals surface area contributed by atoms with E-state index < -0.39 is 11.6 Å². The van der Waals surface area contributed by atoms with E-state index in [9.17, 15) is 18.7 Å². The molecule has 0 spiro atoms. The standard InChI is InChI=1S/C27H30F2N4O3/c1-2-17-3-5-18(6-4-17)19-13-20(16-33(15-19)27(35)32-11-9-22(34)10-12-32)26-30-25(31-36-26)23-14-21(28)7-8-24(23)29/h3-8,14,19-20,22,34H,2,9-13,15-16H2,1H3. The van der Waals surface area contributed by atoms with Crippen molar-refractivity contribution in [2.45, 2.75) is 50.5 Å². The topological polar surface area (TPSA) is 82.7 Å². The van der Waals surface area contributed by atoms with E-state index in [4.69, 9.17) is 4.52 Å². The minimum atomic E-state index is -0.634. The molecule has 2 aliphatic rings. The number of urea groups is 1. The van der Waals surface area contributed by atoms with Gasteiger partial charge in [-0.1, -0.05) is 36.3 Å². The van der Waals surface area contributed by atoms with Gasteiger partial charge in [-0.3, -0.25) is 0 Å². The van der Waals surface area contributed by atoms with Gasteiger partial charge in [0.1, 0.15) is 11.6 Å². The fourth-order valence-electron chi connectivity index (χ4n) is 5.14. The van der Waals surface area contributed by atoms with Gasteiger partial charge < -0.3 is 19.4 Å². The van der Waals surface area contributed by atoms with Crippen molar-refractivity contribution in [3.05, 3.63) is 71.1 Å². The second-order valence-corrected chi connectivity index (χ2v) is 9.71. The number of carbonyl (C=O) groups is 1. The molecule has 190 valence electrons. The number of nitrogens with zero attached hydrogens (tertiary/aromatic N) is 4. The molecule has 1 N–H and O–H groups in total. The molecule has 2 amide bonds. The Labute approximate surface area is 208 Å². The number of hydrogen-bond acceptors (Lipinski definition) is 5. The Hall–Kier alpha value is -3.33. The van der Waals surface area contributed by atoms with Crippen LogP contribution in [0.2, 0.25) is 0 Å². The fourth-order valence-corrected chi connectivity index (χ4v) is 5.14. The maximum absolute atomic E-state index is 14.3. The lowest BCUT2D eigenvalue weighted by Crippen LogP contribution is -2.51. The van der Waals surface area contributed by atoms with Crippen molar-refractivity contribution >= 4 is 6.03 Å². The summed E-state index contributed by atoms with van der Waals surface area (Å²) in [7, 11) is 0. The maximum Gasteiger partial charge on any atom is 0.320 e. The second-order valence-electron chi connectivity index (χ2n) is 9.71. The van der Waals surface area contributed by atoms with E-state index in [2.05, 4.69) is 41.3 Å². The van der Waals surface area contributed by atoms with Gasteiger partial charge >= 0.3 is 6.03 Å². The Morgan fingerprint density at radius 2 is 1.78 bits per heavy atom. The maximum atomic E-state index is 14.3. The summed E-state index contributed by atoms with van der Waals surface area (Å²) in [6, 6.07) is 11.5. The zero-order chi connectivity index (χ0) is 25.2. The van der Waals surface area contributed by atoms with Gasteiger partial charge in [-0.25, -0.2) is 13.6 Å². The SMILES string of the molecule is CCc1ccc(C2CC(c3nc(-c4cc(F)ccc4F)no3)CN(C(=O)N3CCC(O)CC3)C2)cc1. The Bertz CT molecular complexity index is 1210. The molecule has 2 aromatic carbocycles. The summed E-state index contributed by atoms with van der Waals surface area (Å²) in [4.78, 5) is 21.4. The molecule has 2 unspecified atom stereocenters. The van der Waals surface area contributed by atoms with Crippen LogP contribution in [0.4, 0.5) is 13.6 Å². The van der Waals surface area contributed by atoms with E-state index in [1.54, 1.807) is 4.90 Å². The number of aliphatic hydroxyl groups excluding tert-OH is 1. The second kappa shape index (κ2) is 10.3. The van der Waals surface area contributed by atoms with Crippen molar-refractivity contribution in [2.24, 2.45) is 0 Å². The van der Waals surface area contributed by atoms with E-state index in [0.717, 1.165) is 30.2 Å². The molecular formula is C27H30F2N4O3. The first-order chi connectivity index (χ1) is 17.4. The lowest BCUT2D eigenvalue weighted by Gasteiger charge is -2.40. The average molecular weight is 497 g/mol. The van der Waals surface area contributed by atoms with Crippen LogP contribution < -0.4 is 0 Å². The summed E-state index contributed by atoms with van der Waals surface area (Å²) in [5, 5.41) is 13.8. The zero-order valence-corrected chi connectivity index (χ0v) is 20.2. The third kappa shape index (κ3) is 5.11. The van der Waals surface area contributed by atoms with Gasteiger partial charge in [0.05, 0.1) is 17.6 Å². The largest absolute Gasteiger partial charge is 0.393 e. The fraction of sp³-hybridized carbons (Fsp3) is 0.444. The first-order valence-electron chi connectivity index (χ1n) is 12.5. The molecule has 36 heavy (non-hydrogen) atoms. The van der Waals surface area contributed by atoms with E-state index in [1.165, 1.54) is 5.56 Å². The molecular weight excluding hydrogens is 466 g/mol. The molecule has 1 aromatic heterocycles. The van der Waals surface area contributed by atoms with Gasteiger partial charge in [0.2, 0.25) is 11.7 Å². The molecule has 2 aliphatic heterocycles. The highest BCUT2D eigenvalue weighted by Crippen LogP contribution is 2.37. The summed E-state index contributed by atoms with van der Waals surface area (Å²) >= 11 is 0. The Kier molecular flexibility index (Phi) is 7.00. The Morgan fingerprint density at radius 3 is 2.50 bits per heavy atom. The van der Waals surface area contributed by atoms with Crippen LogP contribution in [0.5, 0.6) is 0 Å². The van der Waals surface area contributed by atoms with Crippen molar-refractivity contribution in [1.29, 1.82) is 0 Å². The third-order valence-electron chi connectivity index (χ3n) is 7.28. The van der Waals surface area contributed by atoms with E-state index in [1.807, 2.05) is 4.90 Å². The van der Waals surface area contributed by atoms with Crippen LogP contribution in [0.25, 0.3) is 11.4 Å². The predicted molar refractivity (Wildman–Crippen MR) is 129 cm³/mol. The summed E-state index contributed by atoms with van der Waals surface area (Å²) in [5.74, 6) is -1.14. The van der Waals surface area contributed by atoms with Crippen molar-refractivity contribution in [2.75, 3.05) is 26.2 Å². The highest BCUT2D eigenvalue weighted by Gasteiger charge is 2.37. The molecule has 0 aliphatic carbocycles. The lowest BCUT2D eigenvalue weighted by atomic mass is 9.84. The van der Waals surface area contributed by atoms with E-state index >= 15 is 0 Å². The third-order valence-corrected chi connectivity index (χ3v) is 7.28. The minimum absolute atomic E-state index is 0.0145. The number of rotatable bonds is 4. The van der Waals surface area contributed by atoms with E-state index in [-0.39, 0.29) is 35.4 Å². The molecule has 2 fully saturated rings. The number of aliphatic hydroxyl groups is 1. The molecule has 2 saturated heterocycles. The summed E-state index contributed by atoms with van der Waals surface area (Å²) < 4.78 is 33.5. The highest BCUT2D eigenvalue weighted by atomic mass is 19.1. The number of amides is 2. The Morgan fingerprint density at radius 1 is 1.06 bits per heavy atom. The molecule has 3 heterocycles. The molecule has 9 heteroatoms. The number of halogens is 2. The summed E-state index contributed by atoms with van der Waals surface area (Å²) in [5.41, 5.74) is 2.30. The van der Waals surface area contributed by atoms with Gasteiger partial charge in [0, 0.05) is 32.1 Å². The van der Waals surface area contributed by atoms with Crippen LogP contribution >= 0.6 is 0 Å². The molecule has 0 bridgehead atoms. The van der Waals surface area contributed by atoms with Crippen LogP contribution in [0, 0.1) is 11.6 Å². The molecule has 3 aromatic rings. The number of carbonyl (C=O) groups excluding carboxylic acids is 1. The normalized spacial score (nSPS) is 21.1. The predicted octanol–water partition coefficient (Wildman–Crippen LogP) is 4.73. The van der Waals surface area contributed by atoms with Crippen molar-refractivity contribution in [1.82, 2.24) is 19.9 Å². The monoisotopic (exact) mass is 496 g/mol. The van der Waals surface area contributed by atoms with Crippen LogP contribution in [-0.2, 0) is 6.42 Å². The zero-order valence-electron chi connectivity index (χ0n) is 20.2. The number of aryl methyl sites for hydroxylation is 1. The van der Waals surface area contributed by atoms with Crippen molar-refractivity contribution in [3.63, 3.8) is 0 Å². The average Bonchev–Trinajstić information content (AvgIpc) is 3.40. The number of aromatic nitrogens is 2. The van der Waals surface area contributed by atoms with Gasteiger partial charge in [0.15, 0.2) is 0 Å². The number of piperidine rings is 2. The quantitative estimate of drug-likeness (QED) is 0.565. The number of likely N-dealkylation sites (tertiary alicyclic amines) is 2. The smallest absolute Gasteiger partial charge is 0.320 e. The molecule has 0 saturated carbocycles. The molecule has 2 atom stereocenters. The lowest BCUT2D eigenvalue weighted by molar-refractivity contribution is 0.0744. The minimum Gasteiger partial charge on any atom is -0.393 e. The van der Waals surface area contributed by atoms with E-state index in [0.29, 0.717) is 51.3 Å². The van der Waals surface area contributed by atoms with Gasteiger partial charge in [-0.05, 0) is 55.0 Å². The molecule has 0 radical (unpaired) electrons. The summed E-state index contributed by atoms with van der Waals surface area (Å²) in [6.07, 6.45) is 2.39. The molecule has 7 nitrogen and oxygen atoms in total. The van der Waals surface area contributed by atoms with Crippen LogP contribution in [-0.4, -0.2) is 63.4 Å². The van der Waals surface area contributed by atoms with Gasteiger partial charge in [0.25, 0.3) is 0 Å². The van der Waals surface area contributed by atoms with Crippen molar-refractivity contribution in [3.8, 4) is 11.4 Å². The Balaban J connectivity index is 1.42.